The molecule has 8 heteroatoms. The summed E-state index contributed by atoms with van der Waals surface area (Å²) in [6.07, 6.45) is 0.172. The number of nitro benzene ring substituents is 1. The molecule has 0 atom stereocenters. The number of nitro groups is 1. The Labute approximate surface area is 169 Å². The van der Waals surface area contributed by atoms with Gasteiger partial charge in [0.2, 0.25) is 11.8 Å². The van der Waals surface area contributed by atoms with Crippen molar-refractivity contribution in [2.75, 3.05) is 31.5 Å². The van der Waals surface area contributed by atoms with Crippen molar-refractivity contribution in [3.63, 3.8) is 0 Å². The van der Waals surface area contributed by atoms with Gasteiger partial charge in [-0.05, 0) is 11.6 Å². The zero-order valence-electron chi connectivity index (χ0n) is 16.1. The molecule has 0 aliphatic carbocycles. The highest BCUT2D eigenvalue weighted by Gasteiger charge is 2.21. The average molecular weight is 396 g/mol. The lowest BCUT2D eigenvalue weighted by Crippen LogP contribution is -2.48. The Morgan fingerprint density at radius 3 is 2.38 bits per heavy atom. The number of amides is 2. The Morgan fingerprint density at radius 1 is 0.966 bits per heavy atom. The SMILES string of the molecule is O=C(CCC(=O)N1CCN(Cc2ccccc2)CC1)Nc1cccc([N+](=O)[O-])c1. The maximum atomic E-state index is 12.4. The summed E-state index contributed by atoms with van der Waals surface area (Å²) < 4.78 is 0. The predicted octanol–water partition coefficient (Wildman–Crippen LogP) is 2.66. The van der Waals surface area contributed by atoms with E-state index < -0.39 is 4.92 Å². The minimum Gasteiger partial charge on any atom is -0.340 e. The Morgan fingerprint density at radius 2 is 1.69 bits per heavy atom. The molecule has 1 aliphatic rings. The van der Waals surface area contributed by atoms with Gasteiger partial charge in [-0.3, -0.25) is 24.6 Å². The van der Waals surface area contributed by atoms with Crippen LogP contribution in [0, 0.1) is 10.1 Å². The van der Waals surface area contributed by atoms with Crippen molar-refractivity contribution in [2.45, 2.75) is 19.4 Å². The molecule has 0 aromatic heterocycles. The maximum absolute atomic E-state index is 12.4. The van der Waals surface area contributed by atoms with Gasteiger partial charge in [-0.15, -0.1) is 0 Å². The van der Waals surface area contributed by atoms with Crippen molar-refractivity contribution in [1.29, 1.82) is 0 Å². The van der Waals surface area contributed by atoms with Gasteiger partial charge in [0.05, 0.1) is 4.92 Å². The third-order valence-corrected chi connectivity index (χ3v) is 4.88. The van der Waals surface area contributed by atoms with Crippen LogP contribution in [0.5, 0.6) is 0 Å². The van der Waals surface area contributed by atoms with E-state index in [2.05, 4.69) is 22.3 Å². The molecule has 3 rings (SSSR count). The number of non-ortho nitro benzene ring substituents is 1. The molecular formula is C21H24N4O4. The number of carbonyl (C=O) groups excluding carboxylic acids is 2. The van der Waals surface area contributed by atoms with Gasteiger partial charge in [0.25, 0.3) is 5.69 Å². The van der Waals surface area contributed by atoms with E-state index in [1.165, 1.54) is 23.8 Å². The second-order valence-electron chi connectivity index (χ2n) is 7.00. The quantitative estimate of drug-likeness (QED) is 0.573. The highest BCUT2D eigenvalue weighted by molar-refractivity contribution is 5.93. The lowest BCUT2D eigenvalue weighted by molar-refractivity contribution is -0.384. The summed E-state index contributed by atoms with van der Waals surface area (Å²) in [5.74, 6) is -0.375. The predicted molar refractivity (Wildman–Crippen MR) is 109 cm³/mol. The molecule has 1 fully saturated rings. The van der Waals surface area contributed by atoms with Crippen molar-refractivity contribution in [1.82, 2.24) is 9.80 Å². The van der Waals surface area contributed by atoms with Crippen LogP contribution >= 0.6 is 0 Å². The number of rotatable bonds is 7. The maximum Gasteiger partial charge on any atom is 0.271 e. The average Bonchev–Trinajstić information content (AvgIpc) is 2.73. The van der Waals surface area contributed by atoms with Crippen LogP contribution in [0.1, 0.15) is 18.4 Å². The first-order chi connectivity index (χ1) is 14.0. The van der Waals surface area contributed by atoms with Crippen LogP contribution < -0.4 is 5.32 Å². The monoisotopic (exact) mass is 396 g/mol. The van der Waals surface area contributed by atoms with Crippen LogP contribution in [-0.2, 0) is 16.1 Å². The summed E-state index contributed by atoms with van der Waals surface area (Å²) in [4.78, 5) is 38.9. The van der Waals surface area contributed by atoms with Gasteiger partial charge >= 0.3 is 0 Å². The molecule has 0 radical (unpaired) electrons. The van der Waals surface area contributed by atoms with E-state index in [4.69, 9.17) is 0 Å². The van der Waals surface area contributed by atoms with Crippen molar-refractivity contribution >= 4 is 23.2 Å². The van der Waals surface area contributed by atoms with Crippen LogP contribution in [-0.4, -0.2) is 52.7 Å². The van der Waals surface area contributed by atoms with Gasteiger partial charge in [-0.2, -0.15) is 0 Å². The number of hydrogen-bond acceptors (Lipinski definition) is 5. The van der Waals surface area contributed by atoms with E-state index in [9.17, 15) is 19.7 Å². The smallest absolute Gasteiger partial charge is 0.271 e. The summed E-state index contributed by atoms with van der Waals surface area (Å²) in [5, 5.41) is 13.4. The van der Waals surface area contributed by atoms with Crippen molar-refractivity contribution in [3.8, 4) is 0 Å². The van der Waals surface area contributed by atoms with Gasteiger partial charge < -0.3 is 10.2 Å². The summed E-state index contributed by atoms with van der Waals surface area (Å²) in [6, 6.07) is 16.0. The summed E-state index contributed by atoms with van der Waals surface area (Å²) in [5.41, 5.74) is 1.52. The number of nitrogens with zero attached hydrogens (tertiary/aromatic N) is 3. The van der Waals surface area contributed by atoms with Gasteiger partial charge in [0, 0.05) is 63.4 Å². The fourth-order valence-corrected chi connectivity index (χ4v) is 3.30. The second kappa shape index (κ2) is 9.79. The second-order valence-corrected chi connectivity index (χ2v) is 7.00. The minimum absolute atomic E-state index is 0.0430. The molecule has 2 aromatic rings. The Hall–Kier alpha value is -3.26. The number of hydrogen-bond donors (Lipinski definition) is 1. The summed E-state index contributed by atoms with van der Waals surface area (Å²) >= 11 is 0. The fourth-order valence-electron chi connectivity index (χ4n) is 3.30. The lowest BCUT2D eigenvalue weighted by atomic mass is 10.2. The highest BCUT2D eigenvalue weighted by atomic mass is 16.6. The van der Waals surface area contributed by atoms with Crippen LogP contribution in [0.3, 0.4) is 0 Å². The molecular weight excluding hydrogens is 372 g/mol. The van der Waals surface area contributed by atoms with Crippen LogP contribution in [0.4, 0.5) is 11.4 Å². The molecule has 2 amide bonds. The number of nitrogens with one attached hydrogen (secondary N) is 1. The Kier molecular flexibility index (Phi) is 6.91. The van der Waals surface area contributed by atoms with Crippen molar-refractivity contribution < 1.29 is 14.5 Å². The van der Waals surface area contributed by atoms with E-state index in [0.29, 0.717) is 18.8 Å². The highest BCUT2D eigenvalue weighted by Crippen LogP contribution is 2.17. The van der Waals surface area contributed by atoms with Gasteiger partial charge in [-0.1, -0.05) is 36.4 Å². The Balaban J connectivity index is 1.40. The number of piperazine rings is 1. The largest absolute Gasteiger partial charge is 0.340 e. The Bertz CT molecular complexity index is 864. The van der Waals surface area contributed by atoms with Crippen LogP contribution in [0.2, 0.25) is 0 Å². The van der Waals surface area contributed by atoms with E-state index in [1.807, 2.05) is 18.2 Å². The molecule has 0 spiro atoms. The normalized spacial score (nSPS) is 14.4. The van der Waals surface area contributed by atoms with Crippen molar-refractivity contribution in [3.05, 3.63) is 70.3 Å². The standard InChI is InChI=1S/C21H24N4O4/c26-20(22-18-7-4-8-19(15-18)25(28)29)9-10-21(27)24-13-11-23(12-14-24)16-17-5-2-1-3-6-17/h1-8,15H,9-14,16H2,(H,22,26). The van der Waals surface area contributed by atoms with Gasteiger partial charge in [-0.25, -0.2) is 0 Å². The molecule has 0 unspecified atom stereocenters. The topological polar surface area (TPSA) is 95.8 Å². The zero-order chi connectivity index (χ0) is 20.6. The van der Waals surface area contributed by atoms with Crippen LogP contribution in [0.25, 0.3) is 0 Å². The molecule has 8 nitrogen and oxygen atoms in total. The van der Waals surface area contributed by atoms with E-state index in [0.717, 1.165) is 19.6 Å². The lowest BCUT2D eigenvalue weighted by Gasteiger charge is -2.34. The van der Waals surface area contributed by atoms with Gasteiger partial charge in [0.15, 0.2) is 0 Å². The molecule has 1 heterocycles. The number of anilines is 1. The number of benzene rings is 2. The first-order valence-corrected chi connectivity index (χ1v) is 9.59. The molecule has 1 N–H and O–H groups in total. The van der Waals surface area contributed by atoms with E-state index in [-0.39, 0.29) is 30.3 Å². The zero-order valence-corrected chi connectivity index (χ0v) is 16.1. The molecule has 1 aliphatic heterocycles. The summed E-state index contributed by atoms with van der Waals surface area (Å²) in [7, 11) is 0. The molecule has 29 heavy (non-hydrogen) atoms. The van der Waals surface area contributed by atoms with Gasteiger partial charge in [0.1, 0.15) is 0 Å². The molecule has 152 valence electrons. The van der Waals surface area contributed by atoms with E-state index in [1.54, 1.807) is 11.0 Å². The van der Waals surface area contributed by atoms with E-state index >= 15 is 0 Å². The molecule has 2 aromatic carbocycles. The molecule has 0 bridgehead atoms. The fraction of sp³-hybridized carbons (Fsp3) is 0.333. The summed E-state index contributed by atoms with van der Waals surface area (Å²) in [6.45, 7) is 3.78. The van der Waals surface area contributed by atoms with Crippen molar-refractivity contribution in [2.24, 2.45) is 0 Å². The minimum atomic E-state index is -0.517. The van der Waals surface area contributed by atoms with Crippen LogP contribution in [0.15, 0.2) is 54.6 Å². The number of carbonyl (C=O) groups is 2. The first kappa shape index (κ1) is 20.5. The molecule has 0 saturated carbocycles. The third-order valence-electron chi connectivity index (χ3n) is 4.88. The molecule has 1 saturated heterocycles. The third kappa shape index (κ3) is 6.11. The first-order valence-electron chi connectivity index (χ1n) is 9.59.